The second kappa shape index (κ2) is 6.79. The van der Waals surface area contributed by atoms with Crippen molar-refractivity contribution in [1.82, 2.24) is 4.90 Å². The second-order valence-corrected chi connectivity index (χ2v) is 7.40. The van der Waals surface area contributed by atoms with E-state index in [0.717, 1.165) is 24.0 Å². The molecule has 2 nitrogen and oxygen atoms in total. The number of benzene rings is 2. The molecule has 0 aromatic heterocycles. The van der Waals surface area contributed by atoms with Crippen LogP contribution in [0.25, 0.3) is 0 Å². The van der Waals surface area contributed by atoms with Crippen molar-refractivity contribution in [2.75, 3.05) is 13.1 Å². The van der Waals surface area contributed by atoms with E-state index in [1.165, 1.54) is 19.5 Å². The molecule has 0 saturated carbocycles. The Morgan fingerprint density at radius 3 is 1.75 bits per heavy atom. The molecular weight excluding hydrogens is 292 g/mol. The lowest BCUT2D eigenvalue weighted by Crippen LogP contribution is -2.52. The van der Waals surface area contributed by atoms with E-state index in [9.17, 15) is 5.26 Å². The maximum Gasteiger partial charge on any atom is 0.107 e. The largest absolute Gasteiger partial charge is 0.298 e. The Bertz CT molecular complexity index is 654. The number of likely N-dealkylation sites (tertiary alicyclic amines) is 1. The van der Waals surface area contributed by atoms with Crippen LogP contribution in [0.15, 0.2) is 60.7 Å². The van der Waals surface area contributed by atoms with Gasteiger partial charge in [-0.05, 0) is 57.3 Å². The highest BCUT2D eigenvalue weighted by Gasteiger charge is 2.38. The van der Waals surface area contributed by atoms with E-state index < -0.39 is 5.41 Å². The first kappa shape index (κ1) is 16.7. The van der Waals surface area contributed by atoms with Crippen molar-refractivity contribution in [3.63, 3.8) is 0 Å². The third-order valence-electron chi connectivity index (χ3n) is 5.55. The molecule has 124 valence electrons. The smallest absolute Gasteiger partial charge is 0.107 e. The fourth-order valence-electron chi connectivity index (χ4n) is 3.66. The Hall–Kier alpha value is -2.11. The molecule has 0 amide bonds. The standard InChI is InChI=1S/C22H26N2/c1-21(2,24-16-9-17-24)14-15-22(18-23,19-10-5-3-6-11-19)20-12-7-4-8-13-20/h3-8,10-13H,9,14-17H2,1-2H3. The molecule has 1 aliphatic rings. The minimum atomic E-state index is -0.579. The van der Waals surface area contributed by atoms with E-state index in [1.54, 1.807) is 0 Å². The van der Waals surface area contributed by atoms with Gasteiger partial charge in [0.05, 0.1) is 6.07 Å². The summed E-state index contributed by atoms with van der Waals surface area (Å²) in [6.45, 7) is 6.99. The van der Waals surface area contributed by atoms with E-state index in [0.29, 0.717) is 0 Å². The van der Waals surface area contributed by atoms with Crippen molar-refractivity contribution in [2.24, 2.45) is 0 Å². The molecule has 0 radical (unpaired) electrons. The quantitative estimate of drug-likeness (QED) is 0.768. The third kappa shape index (κ3) is 3.09. The van der Waals surface area contributed by atoms with Crippen LogP contribution >= 0.6 is 0 Å². The summed E-state index contributed by atoms with van der Waals surface area (Å²) in [4.78, 5) is 2.53. The predicted molar refractivity (Wildman–Crippen MR) is 98.8 cm³/mol. The van der Waals surface area contributed by atoms with Crippen molar-refractivity contribution in [3.8, 4) is 6.07 Å². The van der Waals surface area contributed by atoms with Crippen molar-refractivity contribution >= 4 is 0 Å². The molecule has 0 spiro atoms. The summed E-state index contributed by atoms with van der Waals surface area (Å²) >= 11 is 0. The highest BCUT2D eigenvalue weighted by Crippen LogP contribution is 2.39. The molecule has 1 aliphatic heterocycles. The zero-order valence-corrected chi connectivity index (χ0v) is 14.7. The summed E-state index contributed by atoms with van der Waals surface area (Å²) in [6, 6.07) is 23.2. The van der Waals surface area contributed by atoms with Crippen molar-refractivity contribution in [2.45, 2.75) is 44.1 Å². The van der Waals surface area contributed by atoms with Crippen LogP contribution in [-0.2, 0) is 5.41 Å². The zero-order chi connectivity index (χ0) is 17.0. The molecule has 3 rings (SSSR count). The van der Waals surface area contributed by atoms with Gasteiger partial charge in [-0.1, -0.05) is 60.7 Å². The SMILES string of the molecule is CC(C)(CCC(C#N)(c1ccccc1)c1ccccc1)N1CCC1. The summed E-state index contributed by atoms with van der Waals surface area (Å²) in [5.41, 5.74) is 1.75. The molecular formula is C22H26N2. The van der Waals surface area contributed by atoms with Crippen LogP contribution in [0, 0.1) is 11.3 Å². The van der Waals surface area contributed by atoms with E-state index in [1.807, 2.05) is 36.4 Å². The van der Waals surface area contributed by atoms with Gasteiger partial charge in [-0.25, -0.2) is 0 Å². The van der Waals surface area contributed by atoms with Gasteiger partial charge in [0, 0.05) is 5.54 Å². The van der Waals surface area contributed by atoms with E-state index in [2.05, 4.69) is 49.1 Å². The highest BCUT2D eigenvalue weighted by atomic mass is 15.2. The minimum absolute atomic E-state index is 0.143. The molecule has 0 atom stereocenters. The first-order chi connectivity index (χ1) is 11.6. The van der Waals surface area contributed by atoms with Crippen molar-refractivity contribution < 1.29 is 0 Å². The predicted octanol–water partition coefficient (Wildman–Crippen LogP) is 4.76. The molecule has 0 unspecified atom stereocenters. The van der Waals surface area contributed by atoms with Crippen LogP contribution in [0.2, 0.25) is 0 Å². The fourth-order valence-corrected chi connectivity index (χ4v) is 3.66. The van der Waals surface area contributed by atoms with Crippen LogP contribution in [0.1, 0.15) is 44.2 Å². The average Bonchev–Trinajstić information content (AvgIpc) is 2.56. The third-order valence-corrected chi connectivity index (χ3v) is 5.55. The lowest BCUT2D eigenvalue weighted by molar-refractivity contribution is 0.0453. The Morgan fingerprint density at radius 2 is 1.38 bits per heavy atom. The van der Waals surface area contributed by atoms with Crippen molar-refractivity contribution in [3.05, 3.63) is 71.8 Å². The van der Waals surface area contributed by atoms with E-state index in [-0.39, 0.29) is 5.54 Å². The maximum absolute atomic E-state index is 10.2. The van der Waals surface area contributed by atoms with Gasteiger partial charge in [0.25, 0.3) is 0 Å². The minimum Gasteiger partial charge on any atom is -0.298 e. The van der Waals surface area contributed by atoms with Gasteiger partial charge >= 0.3 is 0 Å². The molecule has 0 aliphatic carbocycles. The van der Waals surface area contributed by atoms with Crippen LogP contribution < -0.4 is 0 Å². The Labute approximate surface area is 145 Å². The normalized spacial score (nSPS) is 15.5. The van der Waals surface area contributed by atoms with Crippen molar-refractivity contribution in [1.29, 1.82) is 5.26 Å². The number of hydrogen-bond donors (Lipinski definition) is 0. The number of rotatable bonds is 6. The average molecular weight is 318 g/mol. The molecule has 0 bridgehead atoms. The maximum atomic E-state index is 10.2. The van der Waals surface area contributed by atoms with Crippen LogP contribution in [0.3, 0.4) is 0 Å². The van der Waals surface area contributed by atoms with Crippen LogP contribution in [0.4, 0.5) is 0 Å². The Balaban J connectivity index is 1.95. The number of hydrogen-bond acceptors (Lipinski definition) is 2. The topological polar surface area (TPSA) is 27.0 Å². The fraction of sp³-hybridized carbons (Fsp3) is 0.409. The number of nitrogens with zero attached hydrogens (tertiary/aromatic N) is 2. The van der Waals surface area contributed by atoms with E-state index in [4.69, 9.17) is 0 Å². The lowest BCUT2D eigenvalue weighted by Gasteiger charge is -2.46. The molecule has 2 aromatic carbocycles. The lowest BCUT2D eigenvalue weighted by atomic mass is 9.70. The first-order valence-electron chi connectivity index (χ1n) is 8.86. The van der Waals surface area contributed by atoms with Gasteiger partial charge in [-0.15, -0.1) is 0 Å². The summed E-state index contributed by atoms with van der Waals surface area (Å²) in [7, 11) is 0. The zero-order valence-electron chi connectivity index (χ0n) is 14.7. The summed E-state index contributed by atoms with van der Waals surface area (Å²) < 4.78 is 0. The Morgan fingerprint density at radius 1 is 0.875 bits per heavy atom. The van der Waals surface area contributed by atoms with Gasteiger partial charge in [-0.2, -0.15) is 5.26 Å². The summed E-state index contributed by atoms with van der Waals surface area (Å²) in [5, 5.41) is 10.2. The Kier molecular flexibility index (Phi) is 4.73. The molecule has 24 heavy (non-hydrogen) atoms. The number of nitriles is 1. The molecule has 1 heterocycles. The molecule has 1 fully saturated rings. The first-order valence-corrected chi connectivity index (χ1v) is 8.86. The van der Waals surface area contributed by atoms with E-state index >= 15 is 0 Å². The molecule has 0 N–H and O–H groups in total. The summed E-state index contributed by atoms with van der Waals surface area (Å²) in [6.07, 6.45) is 3.13. The van der Waals surface area contributed by atoms with Gasteiger partial charge in [0.2, 0.25) is 0 Å². The highest BCUT2D eigenvalue weighted by molar-refractivity contribution is 5.45. The molecule has 1 saturated heterocycles. The van der Waals surface area contributed by atoms with Crippen LogP contribution in [-0.4, -0.2) is 23.5 Å². The second-order valence-electron chi connectivity index (χ2n) is 7.40. The molecule has 2 heteroatoms. The van der Waals surface area contributed by atoms with Crippen LogP contribution in [0.5, 0.6) is 0 Å². The molecule has 2 aromatic rings. The van der Waals surface area contributed by atoms with Gasteiger partial charge in [0.1, 0.15) is 5.41 Å². The summed E-state index contributed by atoms with van der Waals surface area (Å²) in [5.74, 6) is 0. The van der Waals surface area contributed by atoms with Gasteiger partial charge in [0.15, 0.2) is 0 Å². The monoisotopic (exact) mass is 318 g/mol. The van der Waals surface area contributed by atoms with Gasteiger partial charge < -0.3 is 0 Å². The van der Waals surface area contributed by atoms with Gasteiger partial charge in [-0.3, -0.25) is 4.90 Å².